The molecule has 0 spiro atoms. The lowest BCUT2D eigenvalue weighted by atomic mass is 9.79. The number of ether oxygens (including phenoxy) is 4. The van der Waals surface area contributed by atoms with E-state index >= 15 is 0 Å². The first-order valence-corrected chi connectivity index (χ1v) is 12.4. The van der Waals surface area contributed by atoms with Crippen LogP contribution in [0.2, 0.25) is 0 Å². The smallest absolute Gasteiger partial charge is 0.333 e. The average Bonchev–Trinajstić information content (AvgIpc) is 3.29. The lowest BCUT2D eigenvalue weighted by Crippen LogP contribution is -2.60. The first-order chi connectivity index (χ1) is 17.0. The topological polar surface area (TPSA) is 152 Å². The van der Waals surface area contributed by atoms with E-state index in [0.29, 0.717) is 24.0 Å². The van der Waals surface area contributed by atoms with Crippen molar-refractivity contribution in [2.24, 2.45) is 23.7 Å². The number of allylic oxidation sites excluding steroid dienone is 1. The molecule has 2 saturated heterocycles. The van der Waals surface area contributed by atoms with Crippen LogP contribution in [0.1, 0.15) is 33.6 Å². The zero-order chi connectivity index (χ0) is 26.5. The van der Waals surface area contributed by atoms with Gasteiger partial charge >= 0.3 is 11.9 Å². The van der Waals surface area contributed by atoms with Gasteiger partial charge < -0.3 is 39.4 Å². The summed E-state index contributed by atoms with van der Waals surface area (Å²) in [5, 5.41) is 40.3. The van der Waals surface area contributed by atoms with Crippen LogP contribution in [0, 0.1) is 23.7 Å². The van der Waals surface area contributed by atoms with Gasteiger partial charge in [0.05, 0.1) is 18.6 Å². The highest BCUT2D eigenvalue weighted by atomic mass is 16.7. The molecule has 0 bridgehead atoms. The Labute approximate surface area is 210 Å². The van der Waals surface area contributed by atoms with Gasteiger partial charge in [0.15, 0.2) is 6.29 Å². The Bertz CT molecular complexity index is 941. The number of esters is 2. The van der Waals surface area contributed by atoms with Crippen LogP contribution in [-0.4, -0.2) is 88.0 Å². The van der Waals surface area contributed by atoms with E-state index in [1.165, 1.54) is 0 Å². The number of rotatable bonds is 5. The maximum atomic E-state index is 12.7. The number of aliphatic hydroxyl groups is 4. The van der Waals surface area contributed by atoms with Crippen molar-refractivity contribution in [3.05, 3.63) is 36.0 Å². The van der Waals surface area contributed by atoms with Gasteiger partial charge in [-0.2, -0.15) is 0 Å². The molecule has 2 saturated carbocycles. The van der Waals surface area contributed by atoms with Crippen molar-refractivity contribution < 1.29 is 49.0 Å². The SMILES string of the molecule is C=C1CC(OC2OC(CO)C(O)C(O)C2O)C2C(C)C(=O)OC2C2C(=C)C(OC(=O)C(C)=CC)CC12. The molecule has 0 amide bonds. The number of hydrogen-bond acceptors (Lipinski definition) is 10. The maximum absolute atomic E-state index is 12.7. The Morgan fingerprint density at radius 2 is 1.89 bits per heavy atom. The zero-order valence-corrected chi connectivity index (χ0v) is 20.8. The molecule has 200 valence electrons. The first kappa shape index (κ1) is 27.0. The monoisotopic (exact) mass is 508 g/mol. The van der Waals surface area contributed by atoms with Gasteiger partial charge in [0.2, 0.25) is 0 Å². The second kappa shape index (κ2) is 10.4. The van der Waals surface area contributed by atoms with E-state index in [1.807, 2.05) is 0 Å². The van der Waals surface area contributed by atoms with Gasteiger partial charge in [0, 0.05) is 17.4 Å². The van der Waals surface area contributed by atoms with Crippen molar-refractivity contribution in [1.29, 1.82) is 0 Å². The normalized spacial score (nSPS) is 45.1. The molecule has 2 aliphatic heterocycles. The third-order valence-electron chi connectivity index (χ3n) is 8.26. The molecule has 4 rings (SSSR count). The van der Waals surface area contributed by atoms with E-state index in [9.17, 15) is 30.0 Å². The second-order valence-electron chi connectivity index (χ2n) is 10.3. The number of carbonyl (C=O) groups excluding carboxylic acids is 2. The summed E-state index contributed by atoms with van der Waals surface area (Å²) in [5.41, 5.74) is 1.94. The van der Waals surface area contributed by atoms with Crippen molar-refractivity contribution in [2.45, 2.75) is 82.6 Å². The first-order valence-electron chi connectivity index (χ1n) is 12.4. The van der Waals surface area contributed by atoms with Crippen molar-refractivity contribution in [2.75, 3.05) is 6.61 Å². The Kier molecular flexibility index (Phi) is 7.76. The molecule has 36 heavy (non-hydrogen) atoms. The molecule has 12 atom stereocenters. The minimum atomic E-state index is -1.58. The number of aliphatic hydroxyl groups excluding tert-OH is 4. The molecule has 0 aromatic heterocycles. The molecule has 12 unspecified atom stereocenters. The Morgan fingerprint density at radius 3 is 2.53 bits per heavy atom. The zero-order valence-electron chi connectivity index (χ0n) is 20.8. The van der Waals surface area contributed by atoms with Crippen molar-refractivity contribution >= 4 is 11.9 Å². The van der Waals surface area contributed by atoms with E-state index in [4.69, 9.17) is 18.9 Å². The van der Waals surface area contributed by atoms with E-state index in [2.05, 4.69) is 13.2 Å². The van der Waals surface area contributed by atoms with Gasteiger partial charge in [-0.1, -0.05) is 31.7 Å². The van der Waals surface area contributed by atoms with E-state index in [-0.39, 0.29) is 11.8 Å². The van der Waals surface area contributed by atoms with Gasteiger partial charge in [0.1, 0.15) is 36.6 Å². The molecule has 0 aromatic rings. The lowest BCUT2D eigenvalue weighted by molar-refractivity contribution is -0.316. The molecule has 4 aliphatic rings. The van der Waals surface area contributed by atoms with Crippen LogP contribution in [0.5, 0.6) is 0 Å². The highest BCUT2D eigenvalue weighted by Gasteiger charge is 2.59. The van der Waals surface area contributed by atoms with Gasteiger partial charge in [0.25, 0.3) is 0 Å². The standard InChI is InChI=1S/C26H36O10/c1-6-10(2)24(31)33-15-8-14-11(3)7-16(19-13(5)25(32)36-23(19)18(14)12(15)4)34-26-22(30)21(29)20(28)17(9-27)35-26/h6,13-23,26-30H,3-4,7-9H2,1-2,5H3. The summed E-state index contributed by atoms with van der Waals surface area (Å²) in [4.78, 5) is 25.1. The summed E-state index contributed by atoms with van der Waals surface area (Å²) in [5.74, 6) is -2.32. The van der Waals surface area contributed by atoms with Crippen LogP contribution in [0.4, 0.5) is 0 Å². The average molecular weight is 509 g/mol. The predicted octanol–water partition coefficient (Wildman–Crippen LogP) is 0.379. The minimum absolute atomic E-state index is 0.171. The second-order valence-corrected chi connectivity index (χ2v) is 10.3. The molecule has 0 aromatic carbocycles. The van der Waals surface area contributed by atoms with E-state index in [1.54, 1.807) is 26.8 Å². The quantitative estimate of drug-likeness (QED) is 0.233. The fourth-order valence-electron chi connectivity index (χ4n) is 5.97. The van der Waals surface area contributed by atoms with Crippen LogP contribution in [0.15, 0.2) is 36.0 Å². The van der Waals surface area contributed by atoms with Crippen molar-refractivity contribution in [3.63, 3.8) is 0 Å². The summed E-state index contributed by atoms with van der Waals surface area (Å²) in [6.45, 7) is 13.1. The molecular formula is C26H36O10. The lowest BCUT2D eigenvalue weighted by Gasteiger charge is -2.42. The van der Waals surface area contributed by atoms with Crippen LogP contribution in [0.25, 0.3) is 0 Å². The fourth-order valence-corrected chi connectivity index (χ4v) is 5.97. The third kappa shape index (κ3) is 4.55. The minimum Gasteiger partial charge on any atom is -0.461 e. The van der Waals surface area contributed by atoms with Gasteiger partial charge in [-0.15, -0.1) is 0 Å². The van der Waals surface area contributed by atoms with E-state index in [0.717, 1.165) is 5.57 Å². The number of fused-ring (bicyclic) bond motifs is 3. The summed E-state index contributed by atoms with van der Waals surface area (Å²) < 4.78 is 23.3. The fraction of sp³-hybridized carbons (Fsp3) is 0.692. The Morgan fingerprint density at radius 1 is 1.19 bits per heavy atom. The van der Waals surface area contributed by atoms with Crippen LogP contribution < -0.4 is 0 Å². The highest BCUT2D eigenvalue weighted by molar-refractivity contribution is 5.88. The summed E-state index contributed by atoms with van der Waals surface area (Å²) in [7, 11) is 0. The van der Waals surface area contributed by atoms with Crippen molar-refractivity contribution in [3.8, 4) is 0 Å². The molecule has 2 heterocycles. The molecular weight excluding hydrogens is 472 g/mol. The van der Waals surface area contributed by atoms with Crippen LogP contribution >= 0.6 is 0 Å². The molecule has 10 nitrogen and oxygen atoms in total. The van der Waals surface area contributed by atoms with Gasteiger partial charge in [-0.05, 0) is 38.2 Å². The summed E-state index contributed by atoms with van der Waals surface area (Å²) >= 11 is 0. The number of carbonyl (C=O) groups is 2. The largest absolute Gasteiger partial charge is 0.461 e. The predicted molar refractivity (Wildman–Crippen MR) is 125 cm³/mol. The number of hydrogen-bond donors (Lipinski definition) is 4. The van der Waals surface area contributed by atoms with E-state index < -0.39 is 79.4 Å². The summed E-state index contributed by atoms with van der Waals surface area (Å²) in [6, 6.07) is 0. The maximum Gasteiger partial charge on any atom is 0.333 e. The third-order valence-corrected chi connectivity index (χ3v) is 8.26. The van der Waals surface area contributed by atoms with Crippen molar-refractivity contribution in [1.82, 2.24) is 0 Å². The Hall–Kier alpha value is -2.08. The van der Waals surface area contributed by atoms with Crippen LogP contribution in [-0.2, 0) is 28.5 Å². The van der Waals surface area contributed by atoms with Crippen LogP contribution in [0.3, 0.4) is 0 Å². The van der Waals surface area contributed by atoms with Gasteiger partial charge in [-0.3, -0.25) is 4.79 Å². The molecule has 0 radical (unpaired) electrons. The molecule has 2 aliphatic carbocycles. The Balaban J connectivity index is 1.59. The molecule has 4 N–H and O–H groups in total. The van der Waals surface area contributed by atoms with Gasteiger partial charge in [-0.25, -0.2) is 4.79 Å². The molecule has 10 heteroatoms. The summed E-state index contributed by atoms with van der Waals surface area (Å²) in [6.07, 6.45) is -6.53. The molecule has 4 fully saturated rings. The highest BCUT2D eigenvalue weighted by Crippen LogP contribution is 2.54.